The standard InChI is InChI=1S/C8H7ClF2N4/c9-5-2-1-4(6(10)7(5)11)3-14-15-8(12)13/h1-3H,(H4,12,13,15). The van der Waals surface area contributed by atoms with Gasteiger partial charge in [0.05, 0.1) is 11.2 Å². The van der Waals surface area contributed by atoms with E-state index in [4.69, 9.17) is 23.1 Å². The summed E-state index contributed by atoms with van der Waals surface area (Å²) in [6.07, 6.45) is 0.981. The van der Waals surface area contributed by atoms with Crippen LogP contribution in [-0.2, 0) is 0 Å². The molecule has 0 amide bonds. The highest BCUT2D eigenvalue weighted by Crippen LogP contribution is 2.19. The highest BCUT2D eigenvalue weighted by molar-refractivity contribution is 6.30. The molecule has 0 aliphatic heterocycles. The lowest BCUT2D eigenvalue weighted by atomic mass is 10.2. The Morgan fingerprint density at radius 3 is 2.53 bits per heavy atom. The molecule has 0 saturated carbocycles. The summed E-state index contributed by atoms with van der Waals surface area (Å²) < 4.78 is 26.0. The van der Waals surface area contributed by atoms with Gasteiger partial charge < -0.3 is 11.5 Å². The van der Waals surface area contributed by atoms with Crippen LogP contribution >= 0.6 is 11.6 Å². The molecule has 0 fully saturated rings. The maximum Gasteiger partial charge on any atom is 0.211 e. The second-order valence-electron chi connectivity index (χ2n) is 2.53. The van der Waals surface area contributed by atoms with Crippen molar-refractivity contribution < 1.29 is 8.78 Å². The van der Waals surface area contributed by atoms with Crippen LogP contribution in [0.1, 0.15) is 5.56 Å². The van der Waals surface area contributed by atoms with E-state index < -0.39 is 11.6 Å². The normalized spacial score (nSPS) is 10.6. The summed E-state index contributed by atoms with van der Waals surface area (Å²) in [7, 11) is 0. The second-order valence-corrected chi connectivity index (χ2v) is 2.94. The Labute approximate surface area is 89.2 Å². The molecule has 0 radical (unpaired) electrons. The summed E-state index contributed by atoms with van der Waals surface area (Å²) in [5.41, 5.74) is 9.85. The van der Waals surface area contributed by atoms with E-state index in [0.717, 1.165) is 6.21 Å². The Morgan fingerprint density at radius 1 is 1.27 bits per heavy atom. The molecule has 0 aliphatic carbocycles. The first-order valence-corrected chi connectivity index (χ1v) is 4.15. The minimum Gasteiger partial charge on any atom is -0.369 e. The van der Waals surface area contributed by atoms with Crippen LogP contribution in [0.2, 0.25) is 5.02 Å². The van der Waals surface area contributed by atoms with E-state index in [1.54, 1.807) is 0 Å². The average molecular weight is 233 g/mol. The SMILES string of the molecule is NC(N)=NN=Cc1ccc(Cl)c(F)c1F. The molecule has 1 rings (SSSR count). The van der Waals surface area contributed by atoms with Gasteiger partial charge in [-0.05, 0) is 12.1 Å². The molecule has 0 spiro atoms. The van der Waals surface area contributed by atoms with Gasteiger partial charge >= 0.3 is 0 Å². The van der Waals surface area contributed by atoms with Crippen molar-refractivity contribution in [2.75, 3.05) is 0 Å². The molecule has 7 heteroatoms. The van der Waals surface area contributed by atoms with Crippen LogP contribution in [0.15, 0.2) is 22.3 Å². The molecular formula is C8H7ClF2N4. The predicted octanol–water partition coefficient (Wildman–Crippen LogP) is 1.23. The number of hydrogen-bond acceptors (Lipinski definition) is 2. The van der Waals surface area contributed by atoms with Gasteiger partial charge in [-0.1, -0.05) is 11.6 Å². The van der Waals surface area contributed by atoms with Gasteiger partial charge in [-0.25, -0.2) is 8.78 Å². The largest absolute Gasteiger partial charge is 0.369 e. The third-order valence-corrected chi connectivity index (χ3v) is 1.73. The Kier molecular flexibility index (Phi) is 3.56. The molecule has 0 unspecified atom stereocenters. The van der Waals surface area contributed by atoms with E-state index in [0.29, 0.717) is 0 Å². The smallest absolute Gasteiger partial charge is 0.211 e. The summed E-state index contributed by atoms with van der Waals surface area (Å²) in [6.45, 7) is 0. The molecule has 0 heterocycles. The Morgan fingerprint density at radius 2 is 1.93 bits per heavy atom. The number of nitrogens with zero attached hydrogens (tertiary/aromatic N) is 2. The molecule has 80 valence electrons. The maximum absolute atomic E-state index is 13.1. The van der Waals surface area contributed by atoms with Gasteiger partial charge in [0.25, 0.3) is 0 Å². The van der Waals surface area contributed by atoms with E-state index in [9.17, 15) is 8.78 Å². The number of rotatable bonds is 2. The molecule has 4 nitrogen and oxygen atoms in total. The van der Waals surface area contributed by atoms with E-state index >= 15 is 0 Å². The fourth-order valence-corrected chi connectivity index (χ4v) is 0.944. The van der Waals surface area contributed by atoms with Crippen LogP contribution in [0.25, 0.3) is 0 Å². The van der Waals surface area contributed by atoms with Crippen molar-refractivity contribution in [3.8, 4) is 0 Å². The Balaban J connectivity index is 3.02. The van der Waals surface area contributed by atoms with E-state index in [1.165, 1.54) is 12.1 Å². The average Bonchev–Trinajstić information content (AvgIpc) is 2.18. The molecule has 1 aromatic rings. The van der Waals surface area contributed by atoms with Crippen LogP contribution < -0.4 is 11.5 Å². The first kappa shape index (κ1) is 11.4. The summed E-state index contributed by atoms with van der Waals surface area (Å²) in [4.78, 5) is 0. The van der Waals surface area contributed by atoms with Crippen LogP contribution in [-0.4, -0.2) is 12.2 Å². The molecule has 0 atom stereocenters. The van der Waals surface area contributed by atoms with Gasteiger partial charge in [-0.2, -0.15) is 5.10 Å². The number of halogens is 3. The highest BCUT2D eigenvalue weighted by atomic mass is 35.5. The monoisotopic (exact) mass is 232 g/mol. The Bertz CT molecular complexity index is 427. The van der Waals surface area contributed by atoms with E-state index in [1.807, 2.05) is 0 Å². The molecule has 0 bridgehead atoms. The van der Waals surface area contributed by atoms with Crippen molar-refractivity contribution in [3.05, 3.63) is 34.4 Å². The predicted molar refractivity (Wildman–Crippen MR) is 54.8 cm³/mol. The zero-order valence-electron chi connectivity index (χ0n) is 7.42. The number of benzene rings is 1. The number of hydrogen-bond donors (Lipinski definition) is 2. The van der Waals surface area contributed by atoms with E-state index in [-0.39, 0.29) is 16.5 Å². The van der Waals surface area contributed by atoms with Crippen LogP contribution in [0.4, 0.5) is 8.78 Å². The minimum absolute atomic E-state index is 0.0955. The minimum atomic E-state index is -1.13. The maximum atomic E-state index is 13.1. The van der Waals surface area contributed by atoms with Gasteiger partial charge in [0, 0.05) is 5.56 Å². The fourth-order valence-electron chi connectivity index (χ4n) is 0.798. The number of nitrogens with two attached hydrogens (primary N) is 2. The van der Waals surface area contributed by atoms with Crippen molar-refractivity contribution in [1.82, 2.24) is 0 Å². The van der Waals surface area contributed by atoms with Crippen molar-refractivity contribution in [2.45, 2.75) is 0 Å². The molecule has 15 heavy (non-hydrogen) atoms. The molecule has 0 aliphatic rings. The molecule has 1 aromatic carbocycles. The lowest BCUT2D eigenvalue weighted by molar-refractivity contribution is 0.508. The highest BCUT2D eigenvalue weighted by Gasteiger charge is 2.10. The quantitative estimate of drug-likeness (QED) is 0.348. The third kappa shape index (κ3) is 2.88. The van der Waals surface area contributed by atoms with Crippen molar-refractivity contribution >= 4 is 23.8 Å². The summed E-state index contributed by atoms with van der Waals surface area (Å²) in [5, 5.41) is 6.27. The van der Waals surface area contributed by atoms with Gasteiger partial charge in [0.2, 0.25) is 5.96 Å². The zero-order chi connectivity index (χ0) is 11.4. The van der Waals surface area contributed by atoms with Crippen molar-refractivity contribution in [1.29, 1.82) is 0 Å². The Hall–Kier alpha value is -1.69. The number of guanidine groups is 1. The molecule has 4 N–H and O–H groups in total. The van der Waals surface area contributed by atoms with Gasteiger partial charge in [0.1, 0.15) is 0 Å². The summed E-state index contributed by atoms with van der Waals surface area (Å²) in [6, 6.07) is 2.46. The first-order valence-electron chi connectivity index (χ1n) is 3.78. The molecular weight excluding hydrogens is 226 g/mol. The summed E-state index contributed by atoms with van der Waals surface area (Å²) >= 11 is 5.34. The zero-order valence-corrected chi connectivity index (χ0v) is 8.17. The third-order valence-electron chi connectivity index (χ3n) is 1.44. The fraction of sp³-hybridized carbons (Fsp3) is 0. The van der Waals surface area contributed by atoms with Gasteiger partial charge in [-0.15, -0.1) is 5.10 Å². The first-order chi connectivity index (χ1) is 7.02. The lowest BCUT2D eigenvalue weighted by Crippen LogP contribution is -2.21. The topological polar surface area (TPSA) is 76.8 Å². The van der Waals surface area contributed by atoms with Gasteiger partial charge in [-0.3, -0.25) is 0 Å². The van der Waals surface area contributed by atoms with Crippen LogP contribution in [0.3, 0.4) is 0 Å². The van der Waals surface area contributed by atoms with E-state index in [2.05, 4.69) is 10.2 Å². The van der Waals surface area contributed by atoms with Crippen LogP contribution in [0.5, 0.6) is 0 Å². The van der Waals surface area contributed by atoms with Crippen molar-refractivity contribution in [2.24, 2.45) is 21.7 Å². The van der Waals surface area contributed by atoms with Crippen molar-refractivity contribution in [3.63, 3.8) is 0 Å². The second kappa shape index (κ2) is 4.70. The molecule has 0 aromatic heterocycles. The lowest BCUT2D eigenvalue weighted by Gasteiger charge is -1.98. The van der Waals surface area contributed by atoms with Gasteiger partial charge in [0.15, 0.2) is 11.6 Å². The molecule has 0 saturated heterocycles. The summed E-state index contributed by atoms with van der Waals surface area (Å²) in [5.74, 6) is -2.51. The van der Waals surface area contributed by atoms with Crippen LogP contribution in [0, 0.1) is 11.6 Å².